The molecule has 3 aliphatic rings. The minimum absolute atomic E-state index is 0.0254. The van der Waals surface area contributed by atoms with E-state index in [2.05, 4.69) is 25.7 Å². The lowest BCUT2D eigenvalue weighted by molar-refractivity contribution is -0.143. The van der Waals surface area contributed by atoms with Crippen LogP contribution in [-0.2, 0) is 16.0 Å². The average molecular weight is 446 g/mol. The fourth-order valence-corrected chi connectivity index (χ4v) is 7.23. The maximum atomic E-state index is 12.9. The van der Waals surface area contributed by atoms with E-state index in [0.29, 0.717) is 11.7 Å². The lowest BCUT2D eigenvalue weighted by Crippen LogP contribution is -2.53. The van der Waals surface area contributed by atoms with Gasteiger partial charge in [-0.05, 0) is 49.4 Å². The molecule has 2 saturated carbocycles. The number of hydrogen-bond donors (Lipinski definition) is 2. The smallest absolute Gasteiger partial charge is 0.229 e. The number of fused-ring (bicyclic) bond motifs is 2. The second kappa shape index (κ2) is 8.32. The Morgan fingerprint density at radius 3 is 2.77 bits per heavy atom. The number of thiazole rings is 1. The summed E-state index contributed by atoms with van der Waals surface area (Å²) < 4.78 is 0. The number of carbonyl (C=O) groups excluding carboxylic acids is 2. The number of amides is 2. The topological polar surface area (TPSA) is 82.5 Å². The van der Waals surface area contributed by atoms with Crippen LogP contribution in [-0.4, -0.2) is 46.5 Å². The summed E-state index contributed by atoms with van der Waals surface area (Å²) >= 11 is 1.59. The molecule has 2 amide bonds. The molecule has 0 saturated heterocycles. The van der Waals surface area contributed by atoms with Gasteiger partial charge in [-0.25, -0.2) is 4.98 Å². The molecule has 1 aromatic rings. The van der Waals surface area contributed by atoms with Gasteiger partial charge in [-0.2, -0.15) is 0 Å². The van der Waals surface area contributed by atoms with Crippen LogP contribution >= 0.6 is 11.3 Å². The van der Waals surface area contributed by atoms with E-state index in [1.54, 1.807) is 29.4 Å². The van der Waals surface area contributed by atoms with Gasteiger partial charge in [0, 0.05) is 36.2 Å². The Hall–Kier alpha value is -1.73. The molecule has 0 aromatic carbocycles. The molecule has 0 radical (unpaired) electrons. The molecule has 4 rings (SSSR count). The molecule has 6 atom stereocenters. The van der Waals surface area contributed by atoms with Gasteiger partial charge in [-0.3, -0.25) is 9.59 Å². The molecule has 0 aliphatic heterocycles. The third kappa shape index (κ3) is 4.07. The summed E-state index contributed by atoms with van der Waals surface area (Å²) in [5.41, 5.74) is 0.989. The van der Waals surface area contributed by atoms with E-state index in [1.165, 1.54) is 4.88 Å². The first-order valence-corrected chi connectivity index (χ1v) is 12.3. The zero-order valence-electron chi connectivity index (χ0n) is 19.1. The molecule has 2 N–H and O–H groups in total. The van der Waals surface area contributed by atoms with Crippen LogP contribution in [0.25, 0.3) is 0 Å². The molecule has 1 heterocycles. The molecule has 0 spiro atoms. The first-order valence-electron chi connectivity index (χ1n) is 11.5. The molecule has 2 fully saturated rings. The van der Waals surface area contributed by atoms with E-state index in [-0.39, 0.29) is 46.8 Å². The highest BCUT2D eigenvalue weighted by atomic mass is 32.1. The number of aliphatic hydroxyl groups excluding tert-OH is 1. The number of carbonyl (C=O) groups is 2. The SMILES string of the molecule is C=CCN(C)C(=O)[C@@H](C)C1CC[C@@]2(C)Cc3sc(NC(=O)C4CC4)nc3[C@@H](C)[C@@H]2[C@H]1O. The monoisotopic (exact) mass is 445 g/mol. The Kier molecular flexibility index (Phi) is 6.03. The number of anilines is 1. The number of aromatic nitrogens is 1. The predicted molar refractivity (Wildman–Crippen MR) is 123 cm³/mol. The summed E-state index contributed by atoms with van der Waals surface area (Å²) in [6.45, 7) is 10.6. The van der Waals surface area contributed by atoms with Crippen molar-refractivity contribution in [2.24, 2.45) is 29.1 Å². The Morgan fingerprint density at radius 1 is 1.42 bits per heavy atom. The number of hydrogen-bond acceptors (Lipinski definition) is 5. The van der Waals surface area contributed by atoms with Crippen LogP contribution in [0.3, 0.4) is 0 Å². The highest BCUT2D eigenvalue weighted by Gasteiger charge is 2.54. The van der Waals surface area contributed by atoms with Crippen molar-refractivity contribution in [1.29, 1.82) is 0 Å². The van der Waals surface area contributed by atoms with Gasteiger partial charge in [0.05, 0.1) is 11.8 Å². The van der Waals surface area contributed by atoms with E-state index in [1.807, 2.05) is 6.92 Å². The molecular weight excluding hydrogens is 410 g/mol. The second-order valence-corrected chi connectivity index (χ2v) is 11.3. The maximum absolute atomic E-state index is 12.9. The maximum Gasteiger partial charge on any atom is 0.229 e. The van der Waals surface area contributed by atoms with Crippen molar-refractivity contribution in [3.8, 4) is 0 Å². The quantitative estimate of drug-likeness (QED) is 0.652. The summed E-state index contributed by atoms with van der Waals surface area (Å²) in [4.78, 5) is 32.8. The zero-order chi connectivity index (χ0) is 22.5. The highest BCUT2D eigenvalue weighted by molar-refractivity contribution is 7.15. The number of likely N-dealkylation sites (N-methyl/N-ethyl adjacent to an activating group) is 1. The van der Waals surface area contributed by atoms with Gasteiger partial charge in [0.15, 0.2) is 5.13 Å². The summed E-state index contributed by atoms with van der Waals surface area (Å²) in [5.74, 6) is 0.139. The van der Waals surface area contributed by atoms with Crippen LogP contribution in [0.15, 0.2) is 12.7 Å². The van der Waals surface area contributed by atoms with Gasteiger partial charge in [0.25, 0.3) is 0 Å². The van der Waals surface area contributed by atoms with Crippen LogP contribution in [0.4, 0.5) is 5.13 Å². The van der Waals surface area contributed by atoms with E-state index in [9.17, 15) is 14.7 Å². The molecule has 3 aliphatic carbocycles. The van der Waals surface area contributed by atoms with Gasteiger partial charge in [-0.1, -0.05) is 26.8 Å². The fourth-order valence-electron chi connectivity index (χ4n) is 5.97. The third-order valence-corrected chi connectivity index (χ3v) is 8.90. The standard InChI is InChI=1S/C24H35N3O3S/c1-6-11-27(5)22(30)13(2)16-9-10-24(4)12-17-19(14(3)18(24)20(16)28)25-23(31-17)26-21(29)15-7-8-15/h6,13-16,18,20,28H,1,7-12H2,2-5H3,(H,25,26,29)/t13-,14-,16?,18+,20-,24-/m0/s1. The van der Waals surface area contributed by atoms with Gasteiger partial charge >= 0.3 is 0 Å². The molecular formula is C24H35N3O3S. The Labute approximate surface area is 189 Å². The Balaban J connectivity index is 1.54. The van der Waals surface area contributed by atoms with Crippen molar-refractivity contribution in [2.45, 2.75) is 64.9 Å². The summed E-state index contributed by atoms with van der Waals surface area (Å²) in [7, 11) is 1.79. The van der Waals surface area contributed by atoms with Gasteiger partial charge in [0.2, 0.25) is 11.8 Å². The zero-order valence-corrected chi connectivity index (χ0v) is 19.9. The molecule has 0 bridgehead atoms. The van der Waals surface area contributed by atoms with Crippen LogP contribution in [0, 0.1) is 29.1 Å². The summed E-state index contributed by atoms with van der Waals surface area (Å²) in [5, 5.41) is 15.2. The largest absolute Gasteiger partial charge is 0.392 e. The van der Waals surface area contributed by atoms with Crippen LogP contribution < -0.4 is 5.32 Å². The third-order valence-electron chi connectivity index (χ3n) is 7.91. The number of aliphatic hydroxyl groups is 1. The van der Waals surface area contributed by atoms with Gasteiger partial charge < -0.3 is 15.3 Å². The summed E-state index contributed by atoms with van der Waals surface area (Å²) in [6.07, 6.45) is 5.81. The van der Waals surface area contributed by atoms with Crippen LogP contribution in [0.1, 0.15) is 62.9 Å². The lowest BCUT2D eigenvalue weighted by Gasteiger charge is -2.53. The molecule has 170 valence electrons. The van der Waals surface area contributed by atoms with Crippen molar-refractivity contribution < 1.29 is 14.7 Å². The van der Waals surface area contributed by atoms with Crippen LogP contribution in [0.2, 0.25) is 0 Å². The van der Waals surface area contributed by atoms with E-state index < -0.39 is 6.10 Å². The second-order valence-electron chi connectivity index (χ2n) is 10.2. The molecule has 7 heteroatoms. The van der Waals surface area contributed by atoms with Crippen molar-refractivity contribution in [2.75, 3.05) is 18.9 Å². The number of rotatable bonds is 6. The van der Waals surface area contributed by atoms with Gasteiger partial charge in [-0.15, -0.1) is 17.9 Å². The molecule has 31 heavy (non-hydrogen) atoms. The van der Waals surface area contributed by atoms with E-state index >= 15 is 0 Å². The fraction of sp³-hybridized carbons (Fsp3) is 0.708. The van der Waals surface area contributed by atoms with Crippen molar-refractivity contribution >= 4 is 28.3 Å². The number of nitrogens with one attached hydrogen (secondary N) is 1. The Morgan fingerprint density at radius 2 is 2.13 bits per heavy atom. The first kappa shape index (κ1) is 22.5. The van der Waals surface area contributed by atoms with E-state index in [0.717, 1.165) is 37.8 Å². The minimum Gasteiger partial charge on any atom is -0.392 e. The lowest BCUT2D eigenvalue weighted by atomic mass is 9.53. The average Bonchev–Trinajstić information content (AvgIpc) is 3.49. The Bertz CT molecular complexity index is 879. The van der Waals surface area contributed by atoms with Crippen molar-refractivity contribution in [1.82, 2.24) is 9.88 Å². The van der Waals surface area contributed by atoms with Crippen molar-refractivity contribution in [3.05, 3.63) is 23.2 Å². The normalized spacial score (nSPS) is 33.1. The number of nitrogens with zero attached hydrogens (tertiary/aromatic N) is 2. The predicted octanol–water partition coefficient (Wildman–Crippen LogP) is 3.83. The summed E-state index contributed by atoms with van der Waals surface area (Å²) in [6, 6.07) is 0. The van der Waals surface area contributed by atoms with Crippen molar-refractivity contribution in [3.63, 3.8) is 0 Å². The minimum atomic E-state index is -0.552. The van der Waals surface area contributed by atoms with E-state index in [4.69, 9.17) is 4.98 Å². The molecule has 1 aromatic heterocycles. The van der Waals surface area contributed by atoms with Gasteiger partial charge in [0.1, 0.15) is 0 Å². The first-order chi connectivity index (χ1) is 14.7. The molecule has 1 unspecified atom stereocenters. The highest BCUT2D eigenvalue weighted by Crippen LogP contribution is 2.57. The molecule has 6 nitrogen and oxygen atoms in total. The van der Waals surface area contributed by atoms with Crippen LogP contribution in [0.5, 0.6) is 0 Å².